The molecule has 0 saturated heterocycles. The van der Waals surface area contributed by atoms with Crippen molar-refractivity contribution in [1.82, 2.24) is 5.32 Å². The third-order valence-corrected chi connectivity index (χ3v) is 7.35. The molecule has 1 aromatic heterocycles. The van der Waals surface area contributed by atoms with E-state index in [0.717, 1.165) is 74.1 Å². The number of nitro groups is 2. The van der Waals surface area contributed by atoms with Gasteiger partial charge < -0.3 is 10.4 Å². The van der Waals surface area contributed by atoms with E-state index in [2.05, 4.69) is 10.3 Å². The van der Waals surface area contributed by atoms with Crippen molar-refractivity contribution in [3.05, 3.63) is 53.9 Å². The molecule has 0 spiro atoms. The maximum atomic E-state index is 13.2. The first kappa shape index (κ1) is 22.8. The zero-order valence-corrected chi connectivity index (χ0v) is 18.7. The molecule has 11 heteroatoms. The molecule has 2 aromatic rings. The molecule has 1 saturated carbocycles. The Morgan fingerprint density at radius 2 is 1.82 bits per heavy atom. The molecule has 1 aromatic carbocycles. The van der Waals surface area contributed by atoms with Gasteiger partial charge in [0.05, 0.1) is 21.5 Å². The summed E-state index contributed by atoms with van der Waals surface area (Å²) in [7, 11) is 0. The number of hydrogen-bond donors (Lipinski definition) is 2. The summed E-state index contributed by atoms with van der Waals surface area (Å²) in [6.07, 6.45) is 10.0. The molecule has 1 fully saturated rings. The quantitative estimate of drug-likeness (QED) is 0.345. The Morgan fingerprint density at radius 1 is 1.09 bits per heavy atom. The standard InChI is InChI=1S/C22H24N4O6S/c27-20-13(10-15(25(29)30)11-17(20)26(31)32)12-23-22-19(16-8-4-5-9-18(16)33-22)21(28)24-14-6-2-1-3-7-14/h10-12,14,27H,1-9H2,(H,24,28)/b23-12-. The third-order valence-electron chi connectivity index (χ3n) is 6.15. The van der Waals surface area contributed by atoms with Gasteiger partial charge in [-0.15, -0.1) is 11.3 Å². The zero-order chi connectivity index (χ0) is 23.5. The number of aliphatic imine (C=N–C) groups is 1. The summed E-state index contributed by atoms with van der Waals surface area (Å²) in [5.74, 6) is -0.883. The number of nitrogens with zero attached hydrogens (tertiary/aromatic N) is 3. The number of phenolic OH excluding ortho intramolecular Hbond substituents is 1. The zero-order valence-electron chi connectivity index (χ0n) is 17.9. The number of thiophene rings is 1. The summed E-state index contributed by atoms with van der Waals surface area (Å²) in [6, 6.07) is 1.87. The number of nitro benzene ring substituents is 2. The Kier molecular flexibility index (Phi) is 6.68. The largest absolute Gasteiger partial charge is 0.502 e. The molecule has 2 aliphatic carbocycles. The number of nitrogens with one attached hydrogen (secondary N) is 1. The van der Waals surface area contributed by atoms with Gasteiger partial charge >= 0.3 is 5.69 Å². The van der Waals surface area contributed by atoms with Crippen molar-refractivity contribution in [1.29, 1.82) is 0 Å². The molecule has 1 heterocycles. The number of non-ortho nitro benzene ring substituents is 1. The van der Waals surface area contributed by atoms with Crippen LogP contribution in [0.15, 0.2) is 17.1 Å². The van der Waals surface area contributed by atoms with E-state index in [-0.39, 0.29) is 17.5 Å². The van der Waals surface area contributed by atoms with Crippen LogP contribution in [-0.2, 0) is 12.8 Å². The normalized spacial score (nSPS) is 16.5. The van der Waals surface area contributed by atoms with Crippen LogP contribution in [0.2, 0.25) is 0 Å². The van der Waals surface area contributed by atoms with Gasteiger partial charge in [0.15, 0.2) is 0 Å². The molecule has 4 rings (SSSR count). The predicted molar refractivity (Wildman–Crippen MR) is 124 cm³/mol. The SMILES string of the molecule is O=C(NC1CCCCC1)c1c(/N=C\c2cc([N+](=O)[O-])cc([N+](=O)[O-])c2O)sc2c1CCCC2. The first-order valence-corrected chi connectivity index (χ1v) is 11.8. The fraction of sp³-hybridized carbons (Fsp3) is 0.455. The molecule has 0 atom stereocenters. The maximum Gasteiger partial charge on any atom is 0.318 e. The number of aryl methyl sites for hydroxylation is 1. The van der Waals surface area contributed by atoms with Gasteiger partial charge in [0, 0.05) is 28.8 Å². The van der Waals surface area contributed by atoms with Crippen LogP contribution in [0.3, 0.4) is 0 Å². The van der Waals surface area contributed by atoms with Crippen molar-refractivity contribution < 1.29 is 19.7 Å². The number of fused-ring (bicyclic) bond motifs is 1. The van der Waals surface area contributed by atoms with Crippen LogP contribution in [0.5, 0.6) is 5.75 Å². The molecule has 2 aliphatic rings. The second-order valence-electron chi connectivity index (χ2n) is 8.37. The summed E-state index contributed by atoms with van der Waals surface area (Å²) in [6.45, 7) is 0. The Bertz CT molecular complexity index is 1140. The second kappa shape index (κ2) is 9.65. The lowest BCUT2D eigenvalue weighted by atomic mass is 9.93. The van der Waals surface area contributed by atoms with E-state index in [9.17, 15) is 30.1 Å². The number of amides is 1. The highest BCUT2D eigenvalue weighted by Gasteiger charge is 2.28. The van der Waals surface area contributed by atoms with Crippen molar-refractivity contribution in [3.63, 3.8) is 0 Å². The second-order valence-corrected chi connectivity index (χ2v) is 9.46. The smallest absolute Gasteiger partial charge is 0.318 e. The van der Waals surface area contributed by atoms with E-state index in [1.54, 1.807) is 0 Å². The minimum atomic E-state index is -0.882. The van der Waals surface area contributed by atoms with E-state index in [0.29, 0.717) is 16.6 Å². The third kappa shape index (κ3) is 4.87. The van der Waals surface area contributed by atoms with Crippen molar-refractivity contribution in [2.75, 3.05) is 0 Å². The summed E-state index contributed by atoms with van der Waals surface area (Å²) >= 11 is 1.39. The highest BCUT2D eigenvalue weighted by molar-refractivity contribution is 7.16. The highest BCUT2D eigenvalue weighted by Crippen LogP contribution is 2.41. The Labute approximate surface area is 193 Å². The molecular weight excluding hydrogens is 448 g/mol. The molecule has 174 valence electrons. The average molecular weight is 473 g/mol. The lowest BCUT2D eigenvalue weighted by molar-refractivity contribution is -0.394. The van der Waals surface area contributed by atoms with Crippen LogP contribution >= 0.6 is 11.3 Å². The van der Waals surface area contributed by atoms with Crippen molar-refractivity contribution in [2.24, 2.45) is 4.99 Å². The molecule has 0 unspecified atom stereocenters. The molecular formula is C22H24N4O6S. The first-order valence-electron chi connectivity index (χ1n) is 11.0. The minimum Gasteiger partial charge on any atom is -0.502 e. The molecule has 0 bridgehead atoms. The van der Waals surface area contributed by atoms with Gasteiger partial charge in [0.25, 0.3) is 11.6 Å². The van der Waals surface area contributed by atoms with Crippen molar-refractivity contribution >= 4 is 39.8 Å². The summed E-state index contributed by atoms with van der Waals surface area (Å²) in [5, 5.41) is 36.3. The number of carbonyl (C=O) groups is 1. The van der Waals surface area contributed by atoms with Gasteiger partial charge in [-0.1, -0.05) is 19.3 Å². The van der Waals surface area contributed by atoms with Crippen LogP contribution in [0.4, 0.5) is 16.4 Å². The fourth-order valence-corrected chi connectivity index (χ4v) is 5.71. The van der Waals surface area contributed by atoms with Crippen molar-refractivity contribution in [3.8, 4) is 5.75 Å². The van der Waals surface area contributed by atoms with E-state index >= 15 is 0 Å². The number of hydrogen-bond acceptors (Lipinski definition) is 8. The summed E-state index contributed by atoms with van der Waals surface area (Å²) < 4.78 is 0. The Morgan fingerprint density at radius 3 is 2.52 bits per heavy atom. The van der Waals surface area contributed by atoms with E-state index < -0.39 is 27.0 Å². The van der Waals surface area contributed by atoms with E-state index in [1.165, 1.54) is 17.8 Å². The summed E-state index contributed by atoms with van der Waals surface area (Å²) in [5.41, 5.74) is 0.0471. The van der Waals surface area contributed by atoms with Crippen LogP contribution in [0.1, 0.15) is 71.3 Å². The lowest BCUT2D eigenvalue weighted by Crippen LogP contribution is -2.36. The maximum absolute atomic E-state index is 13.2. The number of phenols is 1. The molecule has 1 amide bonds. The van der Waals surface area contributed by atoms with Crippen LogP contribution in [0, 0.1) is 20.2 Å². The molecule has 0 radical (unpaired) electrons. The molecule has 33 heavy (non-hydrogen) atoms. The monoisotopic (exact) mass is 472 g/mol. The number of rotatable bonds is 6. The van der Waals surface area contributed by atoms with Crippen LogP contribution in [0.25, 0.3) is 0 Å². The van der Waals surface area contributed by atoms with E-state index in [1.807, 2.05) is 0 Å². The fourth-order valence-electron chi connectivity index (χ4n) is 4.48. The molecule has 0 aliphatic heterocycles. The van der Waals surface area contributed by atoms with Crippen LogP contribution < -0.4 is 5.32 Å². The highest BCUT2D eigenvalue weighted by atomic mass is 32.1. The van der Waals surface area contributed by atoms with Gasteiger partial charge in [-0.2, -0.15) is 0 Å². The number of benzene rings is 1. The van der Waals surface area contributed by atoms with Crippen LogP contribution in [-0.4, -0.2) is 33.1 Å². The topological polar surface area (TPSA) is 148 Å². The molecule has 10 nitrogen and oxygen atoms in total. The average Bonchev–Trinajstić information content (AvgIpc) is 3.17. The predicted octanol–water partition coefficient (Wildman–Crippen LogP) is 4.96. The Balaban J connectivity index is 1.71. The minimum absolute atomic E-state index is 0.130. The number of aromatic hydroxyl groups is 1. The van der Waals surface area contributed by atoms with E-state index in [4.69, 9.17) is 0 Å². The van der Waals surface area contributed by atoms with Gasteiger partial charge in [-0.25, -0.2) is 4.99 Å². The van der Waals surface area contributed by atoms with Crippen molar-refractivity contribution in [2.45, 2.75) is 63.8 Å². The number of carbonyl (C=O) groups excluding carboxylic acids is 1. The van der Waals surface area contributed by atoms with Gasteiger partial charge in [0.2, 0.25) is 5.75 Å². The van der Waals surface area contributed by atoms with Gasteiger partial charge in [0.1, 0.15) is 5.00 Å². The van der Waals surface area contributed by atoms with Gasteiger partial charge in [-0.3, -0.25) is 25.0 Å². The Hall–Kier alpha value is -3.34. The summed E-state index contributed by atoms with van der Waals surface area (Å²) in [4.78, 5) is 39.5. The van der Waals surface area contributed by atoms with Gasteiger partial charge in [-0.05, 0) is 44.1 Å². The lowest BCUT2D eigenvalue weighted by Gasteiger charge is -2.23. The first-order chi connectivity index (χ1) is 15.8. The molecule has 2 N–H and O–H groups in total.